The average molecular weight is 418 g/mol. The van der Waals surface area contributed by atoms with Gasteiger partial charge in [-0.1, -0.05) is 59.9 Å². The van der Waals surface area contributed by atoms with Crippen LogP contribution in [0.15, 0.2) is 66.7 Å². The van der Waals surface area contributed by atoms with E-state index in [0.717, 1.165) is 32.2 Å². The van der Waals surface area contributed by atoms with Gasteiger partial charge in [0.25, 0.3) is 5.91 Å². The van der Waals surface area contributed by atoms with Crippen LogP contribution in [-0.4, -0.2) is 25.9 Å². The highest BCUT2D eigenvalue weighted by atomic mass is 32.1. The van der Waals surface area contributed by atoms with Gasteiger partial charge in [0.15, 0.2) is 0 Å². The Morgan fingerprint density at radius 2 is 1.69 bits per heavy atom. The average Bonchev–Trinajstić information content (AvgIpc) is 3.46. The summed E-state index contributed by atoms with van der Waals surface area (Å²) in [7, 11) is 0. The molecule has 0 saturated heterocycles. The van der Waals surface area contributed by atoms with Crippen molar-refractivity contribution in [1.82, 2.24) is 20.0 Å². The van der Waals surface area contributed by atoms with Gasteiger partial charge in [-0.2, -0.15) is 5.10 Å². The van der Waals surface area contributed by atoms with Crippen LogP contribution in [0.4, 0.5) is 5.13 Å². The number of aromatic nitrogens is 4. The van der Waals surface area contributed by atoms with Crippen molar-refractivity contribution in [3.8, 4) is 16.3 Å². The van der Waals surface area contributed by atoms with E-state index in [4.69, 9.17) is 0 Å². The number of carbonyl (C=O) groups excluding carboxylic acids is 1. The summed E-state index contributed by atoms with van der Waals surface area (Å²) in [6, 6.07) is 21.6. The number of aryl methyl sites for hydroxylation is 1. The van der Waals surface area contributed by atoms with E-state index >= 15 is 0 Å². The monoisotopic (exact) mass is 417 g/mol. The van der Waals surface area contributed by atoms with Crippen molar-refractivity contribution in [3.63, 3.8) is 0 Å². The summed E-state index contributed by atoms with van der Waals surface area (Å²) in [5.74, 6) is -0.194. The normalized spacial score (nSPS) is 11.1. The molecular formula is C21H15N5OS2. The van der Waals surface area contributed by atoms with Crippen LogP contribution in [-0.2, 0) is 0 Å². The standard InChI is InChI=1S/C21H15N5OS2/c1-13-16-12-17(28-20(16)26(25-13)15-10-6-3-7-11-15)18(27)22-21-24-23-19(29-21)14-8-4-2-5-9-14/h2-12H,1H3,(H,22,24,27). The molecule has 0 fully saturated rings. The SMILES string of the molecule is Cc1nn(-c2ccccc2)c2sc(C(=O)Nc3nnc(-c4ccccc4)s3)cc12. The lowest BCUT2D eigenvalue weighted by Crippen LogP contribution is -2.09. The number of anilines is 1. The molecule has 0 bridgehead atoms. The number of thiophene rings is 1. The van der Waals surface area contributed by atoms with Crippen molar-refractivity contribution in [2.24, 2.45) is 0 Å². The van der Waals surface area contributed by atoms with E-state index in [9.17, 15) is 4.79 Å². The van der Waals surface area contributed by atoms with Crippen LogP contribution in [0.1, 0.15) is 15.4 Å². The number of amides is 1. The molecule has 3 aromatic heterocycles. The molecule has 5 aromatic rings. The first-order valence-corrected chi connectivity index (χ1v) is 10.6. The minimum atomic E-state index is -0.194. The van der Waals surface area contributed by atoms with Crippen molar-refractivity contribution < 1.29 is 4.79 Å². The highest BCUT2D eigenvalue weighted by Crippen LogP contribution is 2.32. The third-order valence-electron chi connectivity index (χ3n) is 4.44. The van der Waals surface area contributed by atoms with E-state index in [0.29, 0.717) is 10.0 Å². The lowest BCUT2D eigenvalue weighted by molar-refractivity contribution is 0.103. The summed E-state index contributed by atoms with van der Waals surface area (Å²) >= 11 is 2.77. The lowest BCUT2D eigenvalue weighted by atomic mass is 10.2. The Labute approximate surface area is 174 Å². The van der Waals surface area contributed by atoms with Crippen molar-refractivity contribution in [1.29, 1.82) is 0 Å². The summed E-state index contributed by atoms with van der Waals surface area (Å²) in [4.78, 5) is 14.4. The lowest BCUT2D eigenvalue weighted by Gasteiger charge is -2.01. The van der Waals surface area contributed by atoms with E-state index in [-0.39, 0.29) is 5.91 Å². The van der Waals surface area contributed by atoms with E-state index in [1.54, 1.807) is 0 Å². The molecule has 0 atom stereocenters. The van der Waals surface area contributed by atoms with Gasteiger partial charge in [-0.25, -0.2) is 4.68 Å². The van der Waals surface area contributed by atoms with Gasteiger partial charge >= 0.3 is 0 Å². The molecule has 0 radical (unpaired) electrons. The number of nitrogens with one attached hydrogen (secondary N) is 1. The molecule has 0 aliphatic carbocycles. The Morgan fingerprint density at radius 1 is 0.966 bits per heavy atom. The molecule has 1 N–H and O–H groups in total. The third kappa shape index (κ3) is 3.32. The highest BCUT2D eigenvalue weighted by Gasteiger charge is 2.18. The molecular weight excluding hydrogens is 402 g/mol. The van der Waals surface area contributed by atoms with Crippen molar-refractivity contribution >= 4 is 43.9 Å². The number of rotatable bonds is 4. The maximum atomic E-state index is 12.8. The largest absolute Gasteiger partial charge is 0.296 e. The molecule has 0 saturated carbocycles. The first-order valence-electron chi connectivity index (χ1n) is 8.94. The number of fused-ring (bicyclic) bond motifs is 1. The topological polar surface area (TPSA) is 72.7 Å². The summed E-state index contributed by atoms with van der Waals surface area (Å²) in [5.41, 5.74) is 2.84. The third-order valence-corrected chi connectivity index (χ3v) is 6.43. The van der Waals surface area contributed by atoms with Crippen LogP contribution < -0.4 is 5.32 Å². The predicted octanol–water partition coefficient (Wildman–Crippen LogP) is 5.17. The molecule has 5 rings (SSSR count). The molecule has 6 nitrogen and oxygen atoms in total. The second-order valence-electron chi connectivity index (χ2n) is 6.39. The van der Waals surface area contributed by atoms with Crippen molar-refractivity contribution in [2.75, 3.05) is 5.32 Å². The molecule has 0 unspecified atom stereocenters. The maximum absolute atomic E-state index is 12.8. The fourth-order valence-electron chi connectivity index (χ4n) is 3.03. The molecule has 0 aliphatic rings. The van der Waals surface area contributed by atoms with E-state index < -0.39 is 0 Å². The minimum absolute atomic E-state index is 0.194. The van der Waals surface area contributed by atoms with Crippen LogP contribution in [0, 0.1) is 6.92 Å². The number of para-hydroxylation sites is 1. The fraction of sp³-hybridized carbons (Fsp3) is 0.0476. The summed E-state index contributed by atoms with van der Waals surface area (Å²) < 4.78 is 1.88. The number of hydrogen-bond donors (Lipinski definition) is 1. The number of carbonyl (C=O) groups is 1. The van der Waals surface area contributed by atoms with Crippen LogP contribution in [0.2, 0.25) is 0 Å². The van der Waals surface area contributed by atoms with E-state index in [1.165, 1.54) is 22.7 Å². The fourth-order valence-corrected chi connectivity index (χ4v) is 4.86. The Kier molecular flexibility index (Phi) is 4.42. The number of nitrogens with zero attached hydrogens (tertiary/aromatic N) is 4. The van der Waals surface area contributed by atoms with Gasteiger partial charge in [0.1, 0.15) is 9.84 Å². The molecule has 3 heterocycles. The first kappa shape index (κ1) is 17.7. The second-order valence-corrected chi connectivity index (χ2v) is 8.40. The summed E-state index contributed by atoms with van der Waals surface area (Å²) in [5, 5.41) is 18.0. The van der Waals surface area contributed by atoms with E-state index in [2.05, 4.69) is 20.6 Å². The predicted molar refractivity (Wildman–Crippen MR) is 117 cm³/mol. The smallest absolute Gasteiger partial charge is 0.267 e. The Bertz CT molecular complexity index is 1310. The van der Waals surface area contributed by atoms with Crippen LogP contribution in [0.5, 0.6) is 0 Å². The van der Waals surface area contributed by atoms with Crippen molar-refractivity contribution in [2.45, 2.75) is 6.92 Å². The number of hydrogen-bond acceptors (Lipinski definition) is 6. The zero-order chi connectivity index (χ0) is 19.8. The van der Waals surface area contributed by atoms with E-state index in [1.807, 2.05) is 78.3 Å². The quantitative estimate of drug-likeness (QED) is 0.438. The van der Waals surface area contributed by atoms with Gasteiger partial charge in [-0.05, 0) is 25.1 Å². The number of benzene rings is 2. The van der Waals surface area contributed by atoms with Gasteiger partial charge in [-0.15, -0.1) is 21.5 Å². The highest BCUT2D eigenvalue weighted by molar-refractivity contribution is 7.21. The molecule has 142 valence electrons. The van der Waals surface area contributed by atoms with Crippen molar-refractivity contribution in [3.05, 3.63) is 77.3 Å². The molecule has 29 heavy (non-hydrogen) atoms. The Morgan fingerprint density at radius 3 is 2.45 bits per heavy atom. The molecule has 2 aromatic carbocycles. The zero-order valence-electron chi connectivity index (χ0n) is 15.4. The second kappa shape index (κ2) is 7.23. The molecule has 0 aliphatic heterocycles. The maximum Gasteiger partial charge on any atom is 0.267 e. The van der Waals surface area contributed by atoms with Gasteiger partial charge in [0, 0.05) is 10.9 Å². The zero-order valence-corrected chi connectivity index (χ0v) is 17.0. The van der Waals surface area contributed by atoms with Gasteiger partial charge in [-0.3, -0.25) is 10.1 Å². The minimum Gasteiger partial charge on any atom is -0.296 e. The van der Waals surface area contributed by atoms with Gasteiger partial charge in [0.05, 0.1) is 16.3 Å². The summed E-state index contributed by atoms with van der Waals surface area (Å²) in [6.07, 6.45) is 0. The molecule has 1 amide bonds. The Balaban J connectivity index is 1.43. The van der Waals surface area contributed by atoms with Gasteiger partial charge < -0.3 is 0 Å². The summed E-state index contributed by atoms with van der Waals surface area (Å²) in [6.45, 7) is 1.95. The molecule has 0 spiro atoms. The Hall–Kier alpha value is -3.36. The van der Waals surface area contributed by atoms with Crippen LogP contribution in [0.25, 0.3) is 26.5 Å². The molecule has 8 heteroatoms. The first-order chi connectivity index (χ1) is 14.2. The van der Waals surface area contributed by atoms with Gasteiger partial charge in [0.2, 0.25) is 5.13 Å². The van der Waals surface area contributed by atoms with Crippen LogP contribution in [0.3, 0.4) is 0 Å². The van der Waals surface area contributed by atoms with Crippen LogP contribution >= 0.6 is 22.7 Å².